The molecule has 0 aliphatic carbocycles. The molecule has 0 unspecified atom stereocenters. The fourth-order valence-corrected chi connectivity index (χ4v) is 3.16. The van der Waals surface area contributed by atoms with Crippen LogP contribution in [0.15, 0.2) is 24.5 Å². The summed E-state index contributed by atoms with van der Waals surface area (Å²) in [5.41, 5.74) is -2.69. The number of nitrogens with zero attached hydrogens (tertiary/aromatic N) is 6. The lowest BCUT2D eigenvalue weighted by molar-refractivity contribution is -0.143. The fraction of sp³-hybridized carbons (Fsp3) is 0.353. The van der Waals surface area contributed by atoms with E-state index >= 15 is 0 Å². The molecule has 1 N–H and O–H groups in total. The minimum Gasteiger partial charge on any atom is -0.353 e. The van der Waals surface area contributed by atoms with Crippen molar-refractivity contribution in [3.63, 3.8) is 0 Å². The van der Waals surface area contributed by atoms with Crippen LogP contribution in [0, 0.1) is 5.92 Å². The molecule has 31 heavy (non-hydrogen) atoms. The van der Waals surface area contributed by atoms with E-state index in [9.17, 15) is 31.1 Å². The molecule has 14 heteroatoms. The lowest BCUT2D eigenvalue weighted by Crippen LogP contribution is -2.52. The molecular formula is C17H13F6N7O. The van der Waals surface area contributed by atoms with E-state index in [0.717, 1.165) is 0 Å². The van der Waals surface area contributed by atoms with Gasteiger partial charge in [0.15, 0.2) is 17.0 Å². The van der Waals surface area contributed by atoms with Gasteiger partial charge in [-0.25, -0.2) is 14.6 Å². The number of rotatable bonds is 3. The normalized spacial score (nSPS) is 15.3. The van der Waals surface area contributed by atoms with Gasteiger partial charge in [-0.05, 0) is 18.2 Å². The fourth-order valence-electron chi connectivity index (χ4n) is 3.16. The monoisotopic (exact) mass is 445 g/mol. The highest BCUT2D eigenvalue weighted by Gasteiger charge is 2.38. The first-order chi connectivity index (χ1) is 14.4. The third kappa shape index (κ3) is 3.96. The lowest BCUT2D eigenvalue weighted by Gasteiger charge is -2.38. The standard InChI is InChI=1S/C17H13F6N7O/c1-29-13-12(27-28-29)14(25-7-24-13)30-5-8(6-30)15(31)26-11-3-9(16(18,19)20)2-10(4-11)17(21,22)23/h2-4,7-8H,5-6H2,1H3,(H,26,31). The van der Waals surface area contributed by atoms with Crippen molar-refractivity contribution in [2.75, 3.05) is 23.3 Å². The third-order valence-corrected chi connectivity index (χ3v) is 4.78. The Kier molecular flexibility index (Phi) is 4.74. The van der Waals surface area contributed by atoms with E-state index in [0.29, 0.717) is 29.1 Å². The molecule has 0 atom stereocenters. The summed E-state index contributed by atoms with van der Waals surface area (Å²) in [7, 11) is 1.64. The number of nitrogens with one attached hydrogen (secondary N) is 1. The number of carbonyl (C=O) groups excluding carboxylic acids is 1. The van der Waals surface area contributed by atoms with E-state index in [-0.39, 0.29) is 19.2 Å². The highest BCUT2D eigenvalue weighted by Crippen LogP contribution is 2.38. The van der Waals surface area contributed by atoms with E-state index in [1.165, 1.54) is 11.0 Å². The Bertz CT molecular complexity index is 1120. The molecule has 1 aliphatic heterocycles. The Morgan fingerprint density at radius 1 is 1.03 bits per heavy atom. The number of halogens is 6. The zero-order valence-corrected chi connectivity index (χ0v) is 15.7. The first-order valence-electron chi connectivity index (χ1n) is 8.79. The van der Waals surface area contributed by atoms with Crippen molar-refractivity contribution in [1.82, 2.24) is 25.0 Å². The van der Waals surface area contributed by atoms with Gasteiger partial charge >= 0.3 is 12.4 Å². The number of aryl methyl sites for hydroxylation is 1. The Labute approximate surface area is 169 Å². The van der Waals surface area contributed by atoms with Crippen LogP contribution in [0.3, 0.4) is 0 Å². The minimum absolute atomic E-state index is 0.00198. The van der Waals surface area contributed by atoms with Gasteiger partial charge in [-0.1, -0.05) is 5.21 Å². The second-order valence-corrected chi connectivity index (χ2v) is 6.97. The number of benzene rings is 1. The molecule has 1 amide bonds. The summed E-state index contributed by atoms with van der Waals surface area (Å²) in [4.78, 5) is 22.2. The van der Waals surface area contributed by atoms with Crippen LogP contribution in [0.25, 0.3) is 11.2 Å². The van der Waals surface area contributed by atoms with E-state index in [2.05, 4.69) is 25.6 Å². The summed E-state index contributed by atoms with van der Waals surface area (Å²) < 4.78 is 79.2. The minimum atomic E-state index is -5.00. The molecule has 0 radical (unpaired) electrons. The van der Waals surface area contributed by atoms with Crippen LogP contribution in [-0.2, 0) is 24.2 Å². The van der Waals surface area contributed by atoms with E-state index in [1.807, 2.05) is 0 Å². The molecular weight excluding hydrogens is 432 g/mol. The van der Waals surface area contributed by atoms with Crippen LogP contribution in [0.4, 0.5) is 37.8 Å². The van der Waals surface area contributed by atoms with E-state index in [1.54, 1.807) is 11.9 Å². The number of anilines is 2. The van der Waals surface area contributed by atoms with Crippen molar-refractivity contribution in [1.29, 1.82) is 0 Å². The summed E-state index contributed by atoms with van der Waals surface area (Å²) >= 11 is 0. The van der Waals surface area contributed by atoms with Crippen molar-refractivity contribution < 1.29 is 31.1 Å². The molecule has 4 rings (SSSR count). The van der Waals surface area contributed by atoms with Gasteiger partial charge in [0.25, 0.3) is 0 Å². The quantitative estimate of drug-likeness (QED) is 0.624. The molecule has 1 fully saturated rings. The van der Waals surface area contributed by atoms with Crippen LogP contribution in [0.2, 0.25) is 0 Å². The molecule has 1 aromatic carbocycles. The predicted octanol–water partition coefficient (Wildman–Crippen LogP) is 2.87. The molecule has 164 valence electrons. The molecule has 3 aromatic rings. The number of hydrogen-bond acceptors (Lipinski definition) is 6. The predicted molar refractivity (Wildman–Crippen MR) is 94.9 cm³/mol. The highest BCUT2D eigenvalue weighted by molar-refractivity contribution is 5.95. The molecule has 1 aliphatic rings. The Morgan fingerprint density at radius 2 is 1.65 bits per heavy atom. The van der Waals surface area contributed by atoms with Gasteiger partial charge in [0.05, 0.1) is 17.0 Å². The number of carbonyl (C=O) groups is 1. The number of alkyl halides is 6. The second-order valence-electron chi connectivity index (χ2n) is 6.97. The number of amides is 1. The molecule has 0 spiro atoms. The summed E-state index contributed by atoms with van der Waals surface area (Å²) in [6.45, 7) is 0.305. The smallest absolute Gasteiger partial charge is 0.353 e. The van der Waals surface area contributed by atoms with Gasteiger partial charge in [0.1, 0.15) is 6.33 Å². The van der Waals surface area contributed by atoms with Gasteiger partial charge < -0.3 is 10.2 Å². The molecule has 3 heterocycles. The average Bonchev–Trinajstić information content (AvgIpc) is 3.01. The van der Waals surface area contributed by atoms with E-state index < -0.39 is 41.0 Å². The van der Waals surface area contributed by atoms with Crippen LogP contribution in [-0.4, -0.2) is 44.0 Å². The van der Waals surface area contributed by atoms with Crippen LogP contribution in [0.1, 0.15) is 11.1 Å². The highest BCUT2D eigenvalue weighted by atomic mass is 19.4. The maximum absolute atomic E-state index is 13.0. The summed E-state index contributed by atoms with van der Waals surface area (Å²) in [6, 6.07) is 0.941. The van der Waals surface area contributed by atoms with E-state index in [4.69, 9.17) is 0 Å². The number of hydrogen-bond donors (Lipinski definition) is 1. The first kappa shape index (κ1) is 20.8. The zero-order valence-electron chi connectivity index (χ0n) is 15.7. The Hall–Kier alpha value is -3.45. The van der Waals surface area contributed by atoms with Crippen molar-refractivity contribution in [3.8, 4) is 0 Å². The molecule has 2 aromatic heterocycles. The maximum atomic E-state index is 13.0. The molecule has 0 bridgehead atoms. The van der Waals surface area contributed by atoms with Gasteiger partial charge in [-0.3, -0.25) is 4.79 Å². The summed E-state index contributed by atoms with van der Waals surface area (Å²) in [5, 5.41) is 9.95. The van der Waals surface area contributed by atoms with Gasteiger partial charge in [-0.15, -0.1) is 5.10 Å². The zero-order chi connectivity index (χ0) is 22.6. The number of aromatic nitrogens is 5. The third-order valence-electron chi connectivity index (χ3n) is 4.78. The average molecular weight is 445 g/mol. The van der Waals surface area contributed by atoms with Crippen LogP contribution < -0.4 is 10.2 Å². The van der Waals surface area contributed by atoms with Crippen molar-refractivity contribution in [3.05, 3.63) is 35.7 Å². The van der Waals surface area contributed by atoms with Crippen molar-refractivity contribution >= 4 is 28.6 Å². The maximum Gasteiger partial charge on any atom is 0.416 e. The lowest BCUT2D eigenvalue weighted by atomic mass is 9.98. The first-order valence-corrected chi connectivity index (χ1v) is 8.79. The summed E-state index contributed by atoms with van der Waals surface area (Å²) in [6.07, 6.45) is -8.69. The second kappa shape index (κ2) is 7.06. The van der Waals surface area contributed by atoms with Crippen LogP contribution >= 0.6 is 0 Å². The Morgan fingerprint density at radius 3 is 2.23 bits per heavy atom. The topological polar surface area (TPSA) is 88.8 Å². The summed E-state index contributed by atoms with van der Waals surface area (Å²) in [5.74, 6) is -0.931. The van der Waals surface area contributed by atoms with Gasteiger partial charge in [-0.2, -0.15) is 26.3 Å². The van der Waals surface area contributed by atoms with Crippen molar-refractivity contribution in [2.24, 2.45) is 13.0 Å². The Balaban J connectivity index is 1.50. The van der Waals surface area contributed by atoms with Gasteiger partial charge in [0, 0.05) is 25.8 Å². The van der Waals surface area contributed by atoms with Crippen molar-refractivity contribution in [2.45, 2.75) is 12.4 Å². The molecule has 0 saturated carbocycles. The SMILES string of the molecule is Cn1nnc2c(N3CC(C(=O)Nc4cc(C(F)(F)F)cc(C(F)(F)F)c4)C3)ncnc21. The molecule has 1 saturated heterocycles. The van der Waals surface area contributed by atoms with Crippen LogP contribution in [0.5, 0.6) is 0 Å². The number of fused-ring (bicyclic) bond motifs is 1. The largest absolute Gasteiger partial charge is 0.416 e. The van der Waals surface area contributed by atoms with Gasteiger partial charge in [0.2, 0.25) is 5.91 Å². The molecule has 8 nitrogen and oxygen atoms in total.